The zero-order chi connectivity index (χ0) is 17.3. The summed E-state index contributed by atoms with van der Waals surface area (Å²) in [7, 11) is 0. The number of carbonyl (C=O) groups excluding carboxylic acids is 2. The number of primary amides is 1. The number of fused-ring (bicyclic) bond motifs is 1. The molecule has 24 heavy (non-hydrogen) atoms. The van der Waals surface area contributed by atoms with E-state index >= 15 is 0 Å². The number of carbonyl (C=O) groups is 2. The summed E-state index contributed by atoms with van der Waals surface area (Å²) in [6, 6.07) is 9.38. The monoisotopic (exact) mass is 323 g/mol. The normalized spacial score (nSPS) is 10.8. The Morgan fingerprint density at radius 3 is 2.75 bits per heavy atom. The van der Waals surface area contributed by atoms with Crippen molar-refractivity contribution in [2.75, 3.05) is 11.4 Å². The number of benzene rings is 1. The maximum Gasteiger partial charge on any atom is 0.254 e. The van der Waals surface area contributed by atoms with Crippen molar-refractivity contribution < 1.29 is 9.59 Å². The lowest BCUT2D eigenvalue weighted by Gasteiger charge is -2.19. The molecule has 1 aromatic carbocycles. The Hall–Kier alpha value is -3.22. The topological polar surface area (TPSA) is 93.6 Å². The van der Waals surface area contributed by atoms with E-state index in [-0.39, 0.29) is 11.5 Å². The predicted octanol–water partition coefficient (Wildman–Crippen LogP) is 1.87. The summed E-state index contributed by atoms with van der Waals surface area (Å²) in [5, 5.41) is 4.22. The minimum atomic E-state index is -0.572. The van der Waals surface area contributed by atoms with E-state index in [0.717, 1.165) is 16.9 Å². The highest BCUT2D eigenvalue weighted by molar-refractivity contribution is 5.98. The molecule has 3 rings (SSSR count). The highest BCUT2D eigenvalue weighted by atomic mass is 16.2. The smallest absolute Gasteiger partial charge is 0.254 e. The first-order valence-corrected chi connectivity index (χ1v) is 7.54. The molecule has 0 aliphatic carbocycles. The SMILES string of the molecule is CCN(C(C)=O)c1cccc(-c2ccnc3c(C(N)=O)cnn23)c1. The lowest BCUT2D eigenvalue weighted by atomic mass is 10.1. The summed E-state index contributed by atoms with van der Waals surface area (Å²) < 4.78 is 1.57. The number of rotatable bonds is 4. The second kappa shape index (κ2) is 6.11. The molecule has 2 aromatic heterocycles. The van der Waals surface area contributed by atoms with Gasteiger partial charge in [0, 0.05) is 30.9 Å². The van der Waals surface area contributed by atoms with Gasteiger partial charge in [-0.3, -0.25) is 9.59 Å². The van der Waals surface area contributed by atoms with Gasteiger partial charge in [0.2, 0.25) is 5.91 Å². The van der Waals surface area contributed by atoms with Gasteiger partial charge in [0.15, 0.2) is 5.65 Å². The molecule has 2 N–H and O–H groups in total. The third kappa shape index (κ3) is 2.60. The Kier molecular flexibility index (Phi) is 3.99. The van der Waals surface area contributed by atoms with Gasteiger partial charge in [0.25, 0.3) is 5.91 Å². The van der Waals surface area contributed by atoms with E-state index in [0.29, 0.717) is 12.2 Å². The molecule has 7 heteroatoms. The van der Waals surface area contributed by atoms with Crippen molar-refractivity contribution >= 4 is 23.1 Å². The number of nitrogens with zero attached hydrogens (tertiary/aromatic N) is 4. The minimum Gasteiger partial charge on any atom is -0.365 e. The number of aromatic nitrogens is 3. The van der Waals surface area contributed by atoms with Crippen molar-refractivity contribution in [1.29, 1.82) is 0 Å². The first kappa shape index (κ1) is 15.7. The molecule has 7 nitrogen and oxygen atoms in total. The summed E-state index contributed by atoms with van der Waals surface area (Å²) >= 11 is 0. The fourth-order valence-corrected chi connectivity index (χ4v) is 2.70. The molecule has 0 saturated carbocycles. The van der Waals surface area contributed by atoms with Crippen molar-refractivity contribution in [3.05, 3.63) is 48.3 Å². The average molecular weight is 323 g/mol. The maximum absolute atomic E-state index is 11.8. The third-order valence-electron chi connectivity index (χ3n) is 3.82. The zero-order valence-electron chi connectivity index (χ0n) is 13.4. The first-order valence-electron chi connectivity index (χ1n) is 7.54. The molecule has 0 atom stereocenters. The molecule has 3 aromatic rings. The number of hydrogen-bond acceptors (Lipinski definition) is 4. The molecule has 0 saturated heterocycles. The first-order chi connectivity index (χ1) is 11.5. The van der Waals surface area contributed by atoms with Crippen LogP contribution in [0.25, 0.3) is 16.9 Å². The molecular weight excluding hydrogens is 306 g/mol. The molecule has 2 amide bonds. The van der Waals surface area contributed by atoms with Crippen molar-refractivity contribution in [2.24, 2.45) is 5.73 Å². The van der Waals surface area contributed by atoms with Crippen LogP contribution in [0, 0.1) is 0 Å². The van der Waals surface area contributed by atoms with Crippen LogP contribution in [0.5, 0.6) is 0 Å². The molecule has 122 valence electrons. The standard InChI is InChI=1S/C17H17N5O2/c1-3-21(11(2)23)13-6-4-5-12(9-13)15-7-8-19-17-14(16(18)24)10-20-22(15)17/h4-10H,3H2,1-2H3,(H2,18,24). The molecule has 0 unspecified atom stereocenters. The van der Waals surface area contributed by atoms with Crippen LogP contribution in [-0.2, 0) is 4.79 Å². The van der Waals surface area contributed by atoms with E-state index in [1.165, 1.54) is 13.1 Å². The van der Waals surface area contributed by atoms with Crippen molar-refractivity contribution in [3.63, 3.8) is 0 Å². The van der Waals surface area contributed by atoms with Gasteiger partial charge >= 0.3 is 0 Å². The summed E-state index contributed by atoms with van der Waals surface area (Å²) in [5.74, 6) is -0.596. The van der Waals surface area contributed by atoms with Gasteiger partial charge < -0.3 is 10.6 Å². The summed E-state index contributed by atoms with van der Waals surface area (Å²) in [4.78, 5) is 29.1. The lowest BCUT2D eigenvalue weighted by Crippen LogP contribution is -2.27. The molecule has 2 heterocycles. The average Bonchev–Trinajstić information content (AvgIpc) is 2.99. The summed E-state index contributed by atoms with van der Waals surface area (Å²) in [6.07, 6.45) is 3.01. The van der Waals surface area contributed by atoms with Gasteiger partial charge in [-0.1, -0.05) is 12.1 Å². The molecule has 0 aliphatic rings. The maximum atomic E-state index is 11.8. The van der Waals surface area contributed by atoms with E-state index in [4.69, 9.17) is 5.73 Å². The highest BCUT2D eigenvalue weighted by Crippen LogP contribution is 2.25. The third-order valence-corrected chi connectivity index (χ3v) is 3.82. The molecule has 0 spiro atoms. The van der Waals surface area contributed by atoms with Gasteiger partial charge in [-0.25, -0.2) is 9.50 Å². The van der Waals surface area contributed by atoms with E-state index < -0.39 is 5.91 Å². The van der Waals surface area contributed by atoms with Gasteiger partial charge in [-0.05, 0) is 25.1 Å². The summed E-state index contributed by atoms with van der Waals surface area (Å²) in [6.45, 7) is 4.04. The quantitative estimate of drug-likeness (QED) is 0.793. The second-order valence-electron chi connectivity index (χ2n) is 5.30. The Morgan fingerprint density at radius 1 is 1.29 bits per heavy atom. The summed E-state index contributed by atoms with van der Waals surface area (Å²) in [5.41, 5.74) is 8.45. The number of anilines is 1. The Bertz CT molecular complexity index is 932. The molecule has 0 radical (unpaired) electrons. The van der Waals surface area contributed by atoms with Crippen molar-refractivity contribution in [3.8, 4) is 11.3 Å². The van der Waals surface area contributed by atoms with Gasteiger partial charge in [0.05, 0.1) is 11.9 Å². The minimum absolute atomic E-state index is 0.0235. The van der Waals surface area contributed by atoms with Crippen LogP contribution in [0.4, 0.5) is 5.69 Å². The molecular formula is C17H17N5O2. The van der Waals surface area contributed by atoms with Crippen LogP contribution in [0.3, 0.4) is 0 Å². The van der Waals surface area contributed by atoms with Crippen LogP contribution in [0.15, 0.2) is 42.7 Å². The van der Waals surface area contributed by atoms with Crippen molar-refractivity contribution in [1.82, 2.24) is 14.6 Å². The van der Waals surface area contributed by atoms with Crippen LogP contribution in [-0.4, -0.2) is 33.0 Å². The van der Waals surface area contributed by atoms with Gasteiger partial charge in [-0.15, -0.1) is 0 Å². The molecule has 0 bridgehead atoms. The number of nitrogens with two attached hydrogens (primary N) is 1. The van der Waals surface area contributed by atoms with Crippen LogP contribution < -0.4 is 10.6 Å². The van der Waals surface area contributed by atoms with Crippen LogP contribution >= 0.6 is 0 Å². The lowest BCUT2D eigenvalue weighted by molar-refractivity contribution is -0.116. The van der Waals surface area contributed by atoms with Crippen molar-refractivity contribution in [2.45, 2.75) is 13.8 Å². The van der Waals surface area contributed by atoms with E-state index in [1.807, 2.05) is 31.2 Å². The van der Waals surface area contributed by atoms with E-state index in [2.05, 4.69) is 10.1 Å². The fourth-order valence-electron chi connectivity index (χ4n) is 2.70. The zero-order valence-corrected chi connectivity index (χ0v) is 13.4. The highest BCUT2D eigenvalue weighted by Gasteiger charge is 2.15. The predicted molar refractivity (Wildman–Crippen MR) is 90.6 cm³/mol. The fraction of sp³-hybridized carbons (Fsp3) is 0.176. The molecule has 0 fully saturated rings. The van der Waals surface area contributed by atoms with E-state index in [9.17, 15) is 9.59 Å². The number of amides is 2. The molecule has 0 aliphatic heterocycles. The largest absolute Gasteiger partial charge is 0.365 e. The van der Waals surface area contributed by atoms with Gasteiger partial charge in [-0.2, -0.15) is 5.10 Å². The van der Waals surface area contributed by atoms with Gasteiger partial charge in [0.1, 0.15) is 5.56 Å². The number of hydrogen-bond donors (Lipinski definition) is 1. The second-order valence-corrected chi connectivity index (χ2v) is 5.30. The Balaban J connectivity index is 2.15. The van der Waals surface area contributed by atoms with Crippen LogP contribution in [0.1, 0.15) is 24.2 Å². The van der Waals surface area contributed by atoms with Crippen LogP contribution in [0.2, 0.25) is 0 Å². The Morgan fingerprint density at radius 2 is 2.08 bits per heavy atom. The van der Waals surface area contributed by atoms with E-state index in [1.54, 1.807) is 21.7 Å². The Labute approximate surface area is 138 Å².